The Morgan fingerprint density at radius 1 is 0.966 bits per heavy atom. The summed E-state index contributed by atoms with van der Waals surface area (Å²) < 4.78 is 19.4. The van der Waals surface area contributed by atoms with Crippen molar-refractivity contribution in [2.45, 2.75) is 52.2 Å². The van der Waals surface area contributed by atoms with Crippen molar-refractivity contribution in [1.82, 2.24) is 5.32 Å². The van der Waals surface area contributed by atoms with E-state index in [9.17, 15) is 4.39 Å². The maximum Gasteiger partial charge on any atom is 0.124 e. The van der Waals surface area contributed by atoms with Crippen molar-refractivity contribution in [3.05, 3.63) is 76.6 Å². The third-order valence-corrected chi connectivity index (χ3v) is 5.51. The molecule has 0 aliphatic rings. The largest absolute Gasteiger partial charge is 0.488 e. The maximum atomic E-state index is 13.3. The lowest BCUT2D eigenvalue weighted by Gasteiger charge is -2.16. The molecular weight excluding hydrogens is 385 g/mol. The summed E-state index contributed by atoms with van der Waals surface area (Å²) in [6.07, 6.45) is 6.34. The second-order valence-electron chi connectivity index (χ2n) is 7.38. The fourth-order valence-corrected chi connectivity index (χ4v) is 3.72. The number of fused-ring (bicyclic) bond motifs is 1. The molecule has 0 amide bonds. The molecule has 0 aromatic heterocycles. The highest BCUT2D eigenvalue weighted by atomic mass is 35.5. The van der Waals surface area contributed by atoms with Crippen molar-refractivity contribution in [3.63, 3.8) is 0 Å². The zero-order valence-corrected chi connectivity index (χ0v) is 17.8. The van der Waals surface area contributed by atoms with Crippen LogP contribution in [0.1, 0.15) is 50.2 Å². The van der Waals surface area contributed by atoms with E-state index in [2.05, 4.69) is 36.5 Å². The molecule has 2 nitrogen and oxygen atoms in total. The Balaban J connectivity index is 1.70. The second kappa shape index (κ2) is 11.2. The summed E-state index contributed by atoms with van der Waals surface area (Å²) in [4.78, 5) is 0. The first-order chi connectivity index (χ1) is 14.2. The van der Waals surface area contributed by atoms with Crippen molar-refractivity contribution in [2.24, 2.45) is 0 Å². The van der Waals surface area contributed by atoms with E-state index >= 15 is 0 Å². The molecule has 1 N–H and O–H groups in total. The van der Waals surface area contributed by atoms with Crippen LogP contribution >= 0.6 is 11.6 Å². The van der Waals surface area contributed by atoms with E-state index < -0.39 is 0 Å². The highest BCUT2D eigenvalue weighted by Crippen LogP contribution is 2.29. The summed E-state index contributed by atoms with van der Waals surface area (Å²) in [5.74, 6) is 0.496. The molecule has 154 valence electrons. The molecule has 4 heteroatoms. The first-order valence-corrected chi connectivity index (χ1v) is 10.8. The Morgan fingerprint density at radius 2 is 1.79 bits per heavy atom. The van der Waals surface area contributed by atoms with Gasteiger partial charge in [0, 0.05) is 17.7 Å². The predicted molar refractivity (Wildman–Crippen MR) is 120 cm³/mol. The molecule has 0 aliphatic heterocycles. The van der Waals surface area contributed by atoms with Crippen LogP contribution in [0, 0.1) is 5.82 Å². The van der Waals surface area contributed by atoms with Gasteiger partial charge in [-0.2, -0.15) is 0 Å². The lowest BCUT2D eigenvalue weighted by Crippen LogP contribution is -2.16. The molecule has 0 fully saturated rings. The summed E-state index contributed by atoms with van der Waals surface area (Å²) in [6, 6.07) is 16.8. The highest BCUT2D eigenvalue weighted by Gasteiger charge is 2.10. The molecule has 0 saturated carbocycles. The summed E-state index contributed by atoms with van der Waals surface area (Å²) in [6.45, 7) is 4.29. The van der Waals surface area contributed by atoms with Gasteiger partial charge in [-0.3, -0.25) is 0 Å². The molecule has 0 saturated heterocycles. The van der Waals surface area contributed by atoms with E-state index in [0.717, 1.165) is 30.0 Å². The molecule has 3 aromatic carbocycles. The van der Waals surface area contributed by atoms with Crippen LogP contribution < -0.4 is 10.1 Å². The molecule has 29 heavy (non-hydrogen) atoms. The standard InChI is InChI=1S/C25H29ClFNO/c1-2-3-4-5-8-15-28-17-23-22-10-7-6-9-19(22)12-14-25(23)29-18-20-11-13-21(27)16-24(20)26/h6-7,9-14,16,28H,2-5,8,15,17-18H2,1H3. The van der Waals surface area contributed by atoms with Crippen LogP contribution in [0.15, 0.2) is 54.6 Å². The highest BCUT2D eigenvalue weighted by molar-refractivity contribution is 6.31. The summed E-state index contributed by atoms with van der Waals surface area (Å²) >= 11 is 6.15. The van der Waals surface area contributed by atoms with Crippen molar-refractivity contribution in [2.75, 3.05) is 6.54 Å². The number of rotatable bonds is 11. The minimum Gasteiger partial charge on any atom is -0.488 e. The monoisotopic (exact) mass is 413 g/mol. The Labute approximate surface area is 178 Å². The van der Waals surface area contributed by atoms with Gasteiger partial charge in [-0.15, -0.1) is 0 Å². The van der Waals surface area contributed by atoms with Gasteiger partial charge in [-0.25, -0.2) is 4.39 Å². The van der Waals surface area contributed by atoms with Gasteiger partial charge < -0.3 is 10.1 Å². The number of benzene rings is 3. The number of nitrogens with one attached hydrogen (secondary N) is 1. The molecule has 0 radical (unpaired) electrons. The van der Waals surface area contributed by atoms with Crippen molar-refractivity contribution < 1.29 is 9.13 Å². The molecule has 0 bridgehead atoms. The van der Waals surface area contributed by atoms with Gasteiger partial charge in [0.25, 0.3) is 0 Å². The molecule has 0 spiro atoms. The number of ether oxygens (including phenoxy) is 1. The fourth-order valence-electron chi connectivity index (χ4n) is 3.49. The van der Waals surface area contributed by atoms with Gasteiger partial charge >= 0.3 is 0 Å². The second-order valence-corrected chi connectivity index (χ2v) is 7.79. The number of unbranched alkanes of at least 4 members (excludes halogenated alkanes) is 4. The average Bonchev–Trinajstić information content (AvgIpc) is 2.73. The topological polar surface area (TPSA) is 21.3 Å². The summed E-state index contributed by atoms with van der Waals surface area (Å²) in [5.41, 5.74) is 1.92. The first kappa shape index (κ1) is 21.6. The van der Waals surface area contributed by atoms with Gasteiger partial charge in [-0.05, 0) is 41.9 Å². The van der Waals surface area contributed by atoms with Crippen LogP contribution in [0.25, 0.3) is 10.8 Å². The van der Waals surface area contributed by atoms with E-state index in [1.54, 1.807) is 6.07 Å². The summed E-state index contributed by atoms with van der Waals surface area (Å²) in [7, 11) is 0. The van der Waals surface area contributed by atoms with Gasteiger partial charge in [0.2, 0.25) is 0 Å². The Morgan fingerprint density at radius 3 is 2.62 bits per heavy atom. The van der Waals surface area contributed by atoms with E-state index in [1.165, 1.54) is 55.0 Å². The van der Waals surface area contributed by atoms with Crippen LogP contribution in [-0.2, 0) is 13.2 Å². The number of halogens is 2. The fraction of sp³-hybridized carbons (Fsp3) is 0.360. The van der Waals surface area contributed by atoms with Crippen molar-refractivity contribution >= 4 is 22.4 Å². The lowest BCUT2D eigenvalue weighted by atomic mass is 10.0. The third kappa shape index (κ3) is 6.19. The van der Waals surface area contributed by atoms with Crippen LogP contribution in [0.3, 0.4) is 0 Å². The molecule has 0 atom stereocenters. The molecule has 0 heterocycles. The quantitative estimate of drug-likeness (QED) is 0.333. The predicted octanol–water partition coefficient (Wildman–Crippen LogP) is 7.27. The van der Waals surface area contributed by atoms with E-state index in [0.29, 0.717) is 11.6 Å². The van der Waals surface area contributed by atoms with Gasteiger partial charge in [-0.1, -0.05) is 80.6 Å². The molecule has 0 aliphatic carbocycles. The third-order valence-electron chi connectivity index (χ3n) is 5.15. The lowest BCUT2D eigenvalue weighted by molar-refractivity contribution is 0.302. The zero-order chi connectivity index (χ0) is 20.5. The zero-order valence-electron chi connectivity index (χ0n) is 17.0. The van der Waals surface area contributed by atoms with E-state index in [4.69, 9.17) is 16.3 Å². The Kier molecular flexibility index (Phi) is 8.33. The van der Waals surface area contributed by atoms with Crippen LogP contribution in [0.2, 0.25) is 5.02 Å². The SMILES string of the molecule is CCCCCCCNCc1c(OCc2ccc(F)cc2Cl)ccc2ccccc12. The van der Waals surface area contributed by atoms with E-state index in [1.807, 2.05) is 12.1 Å². The van der Waals surface area contributed by atoms with Gasteiger partial charge in [0.1, 0.15) is 18.2 Å². The average molecular weight is 414 g/mol. The van der Waals surface area contributed by atoms with Crippen molar-refractivity contribution in [1.29, 1.82) is 0 Å². The van der Waals surface area contributed by atoms with Gasteiger partial charge in [0.05, 0.1) is 5.02 Å². The molecule has 0 unspecified atom stereocenters. The number of hydrogen-bond acceptors (Lipinski definition) is 2. The molecular formula is C25H29ClFNO. The normalized spacial score (nSPS) is 11.1. The molecule has 3 rings (SSSR count). The van der Waals surface area contributed by atoms with Crippen LogP contribution in [-0.4, -0.2) is 6.54 Å². The number of hydrogen-bond donors (Lipinski definition) is 1. The molecule has 3 aromatic rings. The minimum atomic E-state index is -0.340. The minimum absolute atomic E-state index is 0.307. The van der Waals surface area contributed by atoms with Crippen molar-refractivity contribution in [3.8, 4) is 5.75 Å². The van der Waals surface area contributed by atoms with Crippen LogP contribution in [0.5, 0.6) is 5.75 Å². The smallest absolute Gasteiger partial charge is 0.124 e. The Hall–Kier alpha value is -2.10. The first-order valence-electron chi connectivity index (χ1n) is 10.5. The maximum absolute atomic E-state index is 13.3. The summed E-state index contributed by atoms with van der Waals surface area (Å²) in [5, 5.41) is 6.34. The van der Waals surface area contributed by atoms with Gasteiger partial charge in [0.15, 0.2) is 0 Å². The van der Waals surface area contributed by atoms with Crippen LogP contribution in [0.4, 0.5) is 4.39 Å². The van der Waals surface area contributed by atoms with E-state index in [-0.39, 0.29) is 5.82 Å². The Bertz CT molecular complexity index is 928.